The molecule has 0 atom stereocenters. The van der Waals surface area contributed by atoms with Crippen molar-refractivity contribution in [3.8, 4) is 0 Å². The largest absolute Gasteiger partial charge is 0.342 e. The summed E-state index contributed by atoms with van der Waals surface area (Å²) in [5, 5.41) is 11.6. The van der Waals surface area contributed by atoms with Gasteiger partial charge in [0.05, 0.1) is 12.2 Å². The van der Waals surface area contributed by atoms with Crippen LogP contribution < -0.4 is 5.32 Å². The highest BCUT2D eigenvalue weighted by atomic mass is 32.2. The minimum atomic E-state index is -0.357. The molecule has 0 unspecified atom stereocenters. The fraction of sp³-hybridized carbons (Fsp3) is 0.474. The fourth-order valence-electron chi connectivity index (χ4n) is 3.12. The number of hydrogen-bond acceptors (Lipinski definition) is 5. The molecule has 2 aromatic rings. The van der Waals surface area contributed by atoms with Gasteiger partial charge in [-0.15, -0.1) is 10.2 Å². The van der Waals surface area contributed by atoms with Crippen molar-refractivity contribution >= 4 is 29.3 Å². The number of halogens is 1. The molecule has 0 radical (unpaired) electrons. The number of rotatable bonds is 7. The second-order valence-electron chi connectivity index (χ2n) is 6.61. The van der Waals surface area contributed by atoms with Gasteiger partial charge in [0.15, 0.2) is 5.16 Å². The van der Waals surface area contributed by atoms with E-state index in [1.54, 1.807) is 0 Å². The fourth-order valence-corrected chi connectivity index (χ4v) is 4.04. The Bertz CT molecular complexity index is 818. The molecule has 1 aliphatic heterocycles. The molecule has 0 spiro atoms. The molecule has 2 heterocycles. The van der Waals surface area contributed by atoms with Crippen molar-refractivity contribution in [3.63, 3.8) is 0 Å². The van der Waals surface area contributed by atoms with E-state index in [0.717, 1.165) is 25.9 Å². The Kier molecular flexibility index (Phi) is 7.02. The lowest BCUT2D eigenvalue weighted by Gasteiger charge is -2.26. The van der Waals surface area contributed by atoms with Crippen molar-refractivity contribution < 1.29 is 14.0 Å². The van der Waals surface area contributed by atoms with E-state index in [9.17, 15) is 14.0 Å². The van der Waals surface area contributed by atoms with Crippen LogP contribution in [0.5, 0.6) is 0 Å². The number of hydrogen-bond donors (Lipinski definition) is 1. The number of anilines is 1. The zero-order valence-electron chi connectivity index (χ0n) is 15.9. The Balaban J connectivity index is 1.57. The van der Waals surface area contributed by atoms with Gasteiger partial charge in [0, 0.05) is 25.3 Å². The van der Waals surface area contributed by atoms with E-state index >= 15 is 0 Å². The first-order chi connectivity index (χ1) is 13.6. The number of amides is 2. The summed E-state index contributed by atoms with van der Waals surface area (Å²) in [6.45, 7) is 4.21. The van der Waals surface area contributed by atoms with Gasteiger partial charge in [0.25, 0.3) is 0 Å². The summed E-state index contributed by atoms with van der Waals surface area (Å²) in [6.07, 6.45) is 3.37. The first kappa shape index (κ1) is 20.3. The molecule has 1 saturated heterocycles. The average molecular weight is 405 g/mol. The quantitative estimate of drug-likeness (QED) is 0.717. The molecule has 2 amide bonds. The van der Waals surface area contributed by atoms with E-state index < -0.39 is 0 Å². The predicted molar refractivity (Wildman–Crippen MR) is 106 cm³/mol. The maximum Gasteiger partial charge on any atom is 0.233 e. The van der Waals surface area contributed by atoms with Crippen molar-refractivity contribution in [2.45, 2.75) is 44.3 Å². The Morgan fingerprint density at radius 3 is 2.54 bits per heavy atom. The van der Waals surface area contributed by atoms with Crippen LogP contribution in [0.4, 0.5) is 10.1 Å². The molecule has 9 heteroatoms. The van der Waals surface area contributed by atoms with Crippen LogP contribution in [0.1, 0.15) is 32.0 Å². The molecule has 1 fully saturated rings. The van der Waals surface area contributed by atoms with Crippen LogP contribution in [0.2, 0.25) is 0 Å². The summed E-state index contributed by atoms with van der Waals surface area (Å²) in [7, 11) is 0. The van der Waals surface area contributed by atoms with Crippen LogP contribution in [0.3, 0.4) is 0 Å². The number of thioether (sulfide) groups is 1. The lowest BCUT2D eigenvalue weighted by Crippen LogP contribution is -2.36. The molecule has 1 N–H and O–H groups in total. The number of piperidine rings is 1. The molecular formula is C19H24FN5O2S. The number of likely N-dealkylation sites (tertiary alicyclic amines) is 1. The molecule has 1 aromatic carbocycles. The smallest absolute Gasteiger partial charge is 0.233 e. The molecule has 28 heavy (non-hydrogen) atoms. The summed E-state index contributed by atoms with van der Waals surface area (Å²) in [5.74, 6) is 0.361. The Hall–Kier alpha value is -2.42. The lowest BCUT2D eigenvalue weighted by atomic mass is 10.1. The van der Waals surface area contributed by atoms with Crippen molar-refractivity contribution in [2.75, 3.05) is 24.2 Å². The van der Waals surface area contributed by atoms with Gasteiger partial charge in [0.1, 0.15) is 11.6 Å². The minimum absolute atomic E-state index is 0.0544. The van der Waals surface area contributed by atoms with Crippen LogP contribution in [0.15, 0.2) is 29.4 Å². The molecule has 1 aliphatic rings. The van der Waals surface area contributed by atoms with Gasteiger partial charge in [-0.3, -0.25) is 9.59 Å². The Morgan fingerprint density at radius 2 is 1.86 bits per heavy atom. The van der Waals surface area contributed by atoms with Crippen molar-refractivity contribution in [2.24, 2.45) is 0 Å². The molecule has 1 aromatic heterocycles. The van der Waals surface area contributed by atoms with Crippen molar-refractivity contribution in [3.05, 3.63) is 35.9 Å². The van der Waals surface area contributed by atoms with Crippen LogP contribution in [0.25, 0.3) is 0 Å². The second-order valence-corrected chi connectivity index (χ2v) is 7.55. The predicted octanol–water partition coefficient (Wildman–Crippen LogP) is 2.72. The molecule has 0 saturated carbocycles. The number of carbonyl (C=O) groups is 2. The third-order valence-corrected chi connectivity index (χ3v) is 5.54. The van der Waals surface area contributed by atoms with Crippen molar-refractivity contribution in [1.29, 1.82) is 0 Å². The summed E-state index contributed by atoms with van der Waals surface area (Å²) in [6, 6.07) is 5.59. The summed E-state index contributed by atoms with van der Waals surface area (Å²) in [5.41, 5.74) is 0.524. The third-order valence-electron chi connectivity index (χ3n) is 4.59. The SMILES string of the molecule is CCn1c(CC(=O)Nc2ccc(F)cc2)nnc1SCC(=O)N1CCCCC1. The van der Waals surface area contributed by atoms with Crippen LogP contribution in [0, 0.1) is 5.82 Å². The highest BCUT2D eigenvalue weighted by Crippen LogP contribution is 2.19. The van der Waals surface area contributed by atoms with Crippen LogP contribution >= 0.6 is 11.8 Å². The minimum Gasteiger partial charge on any atom is -0.342 e. The Labute approximate surface area is 167 Å². The van der Waals surface area contributed by atoms with Gasteiger partial charge in [-0.25, -0.2) is 4.39 Å². The van der Waals surface area contributed by atoms with Crippen LogP contribution in [-0.4, -0.2) is 50.3 Å². The topological polar surface area (TPSA) is 80.1 Å². The zero-order chi connectivity index (χ0) is 19.9. The third kappa shape index (κ3) is 5.31. The summed E-state index contributed by atoms with van der Waals surface area (Å²) in [4.78, 5) is 26.5. The molecule has 7 nitrogen and oxygen atoms in total. The van der Waals surface area contributed by atoms with E-state index in [4.69, 9.17) is 0 Å². The van der Waals surface area contributed by atoms with Gasteiger partial charge < -0.3 is 14.8 Å². The first-order valence-electron chi connectivity index (χ1n) is 9.45. The molecular weight excluding hydrogens is 381 g/mol. The summed E-state index contributed by atoms with van der Waals surface area (Å²) >= 11 is 1.35. The highest BCUT2D eigenvalue weighted by molar-refractivity contribution is 7.99. The number of nitrogens with one attached hydrogen (secondary N) is 1. The van der Waals surface area contributed by atoms with E-state index in [1.165, 1.54) is 42.4 Å². The van der Waals surface area contributed by atoms with E-state index in [2.05, 4.69) is 15.5 Å². The zero-order valence-corrected chi connectivity index (χ0v) is 16.7. The maximum absolute atomic E-state index is 13.0. The van der Waals surface area contributed by atoms with Gasteiger partial charge in [-0.1, -0.05) is 11.8 Å². The van der Waals surface area contributed by atoms with Gasteiger partial charge >= 0.3 is 0 Å². The molecule has 150 valence electrons. The maximum atomic E-state index is 13.0. The molecule has 0 bridgehead atoms. The number of benzene rings is 1. The first-order valence-corrected chi connectivity index (χ1v) is 10.4. The van der Waals surface area contributed by atoms with Crippen molar-refractivity contribution in [1.82, 2.24) is 19.7 Å². The standard InChI is InChI=1S/C19H24FN5O2S/c1-2-25-16(12-17(26)21-15-8-6-14(20)7-9-15)22-23-19(25)28-13-18(27)24-10-4-3-5-11-24/h6-9H,2-5,10-13H2,1H3,(H,21,26). The Morgan fingerprint density at radius 1 is 1.14 bits per heavy atom. The number of aromatic nitrogens is 3. The molecule has 0 aliphatic carbocycles. The number of carbonyl (C=O) groups excluding carboxylic acids is 2. The van der Waals surface area contributed by atoms with Gasteiger partial charge in [-0.05, 0) is 50.5 Å². The summed E-state index contributed by atoms with van der Waals surface area (Å²) < 4.78 is 14.8. The normalized spacial score (nSPS) is 14.1. The monoisotopic (exact) mass is 405 g/mol. The molecule has 3 rings (SSSR count). The highest BCUT2D eigenvalue weighted by Gasteiger charge is 2.19. The lowest BCUT2D eigenvalue weighted by molar-refractivity contribution is -0.129. The van der Waals surface area contributed by atoms with E-state index in [1.807, 2.05) is 16.4 Å². The van der Waals surface area contributed by atoms with E-state index in [0.29, 0.717) is 29.0 Å². The van der Waals surface area contributed by atoms with Gasteiger partial charge in [0.2, 0.25) is 11.8 Å². The van der Waals surface area contributed by atoms with Crippen LogP contribution in [-0.2, 0) is 22.6 Å². The second kappa shape index (κ2) is 9.68. The average Bonchev–Trinajstić information content (AvgIpc) is 3.09. The number of nitrogens with zero attached hydrogens (tertiary/aromatic N) is 4. The van der Waals surface area contributed by atoms with E-state index in [-0.39, 0.29) is 24.1 Å². The van der Waals surface area contributed by atoms with Gasteiger partial charge in [-0.2, -0.15) is 0 Å².